The number of halogens is 1. The number of nitrogens with one attached hydrogen (secondary N) is 2. The fraction of sp³-hybridized carbons (Fsp3) is 0.333. The van der Waals surface area contributed by atoms with Crippen molar-refractivity contribution in [2.24, 2.45) is 5.92 Å². The molecular formula is C21H22BrN3O3. The van der Waals surface area contributed by atoms with E-state index in [1.54, 1.807) is 29.2 Å². The van der Waals surface area contributed by atoms with Crippen LogP contribution in [0.4, 0.5) is 10.5 Å². The van der Waals surface area contributed by atoms with Crippen molar-refractivity contribution in [2.75, 3.05) is 25.1 Å². The van der Waals surface area contributed by atoms with Gasteiger partial charge in [-0.3, -0.25) is 4.79 Å². The van der Waals surface area contributed by atoms with E-state index in [9.17, 15) is 9.59 Å². The Bertz CT molecular complexity index is 879. The van der Waals surface area contributed by atoms with Gasteiger partial charge in [0, 0.05) is 47.9 Å². The molecule has 0 saturated carbocycles. The normalized spacial score (nSPS) is 18.0. The second kappa shape index (κ2) is 8.32. The van der Waals surface area contributed by atoms with E-state index in [1.807, 2.05) is 18.2 Å². The number of ether oxygens (including phenoxy) is 1. The number of benzene rings is 2. The Morgan fingerprint density at radius 1 is 1.11 bits per heavy atom. The van der Waals surface area contributed by atoms with Gasteiger partial charge in [0.2, 0.25) is 0 Å². The van der Waals surface area contributed by atoms with Crippen LogP contribution in [0.1, 0.15) is 27.9 Å². The number of fused-ring (bicyclic) bond motifs is 1. The second-order valence-corrected chi connectivity index (χ2v) is 8.13. The van der Waals surface area contributed by atoms with Crippen molar-refractivity contribution in [3.8, 4) is 0 Å². The molecule has 146 valence electrons. The summed E-state index contributed by atoms with van der Waals surface area (Å²) < 4.78 is 6.34. The standard InChI is InChI=1S/C21H22BrN3O3/c22-18-4-1-16-11-25(12-17(16)9-18)21(27)24-19-5-2-15(3-6-19)20(26)23-10-14-7-8-28-13-14/h1-6,9,14H,7-8,10-13H2,(H,23,26)(H,24,27). The van der Waals surface area contributed by atoms with Crippen LogP contribution in [-0.2, 0) is 17.8 Å². The van der Waals surface area contributed by atoms with Crippen LogP contribution >= 0.6 is 15.9 Å². The van der Waals surface area contributed by atoms with Crippen molar-refractivity contribution >= 4 is 33.6 Å². The first-order chi connectivity index (χ1) is 13.6. The van der Waals surface area contributed by atoms with Crippen LogP contribution in [0.15, 0.2) is 46.9 Å². The van der Waals surface area contributed by atoms with Gasteiger partial charge in [-0.25, -0.2) is 4.79 Å². The fourth-order valence-corrected chi connectivity index (χ4v) is 3.91. The monoisotopic (exact) mass is 443 g/mol. The molecule has 1 fully saturated rings. The first-order valence-electron chi connectivity index (χ1n) is 9.38. The minimum atomic E-state index is -0.147. The number of nitrogens with zero attached hydrogens (tertiary/aromatic N) is 1. The molecule has 2 aromatic rings. The summed E-state index contributed by atoms with van der Waals surface area (Å²) in [6.07, 6.45) is 0.989. The molecule has 28 heavy (non-hydrogen) atoms. The molecule has 1 unspecified atom stereocenters. The zero-order valence-corrected chi connectivity index (χ0v) is 17.0. The van der Waals surface area contributed by atoms with E-state index in [0.717, 1.165) is 28.6 Å². The first kappa shape index (κ1) is 19.0. The molecule has 4 rings (SSSR count). The average molecular weight is 444 g/mol. The highest BCUT2D eigenvalue weighted by Gasteiger charge is 2.23. The Morgan fingerprint density at radius 3 is 2.64 bits per heavy atom. The van der Waals surface area contributed by atoms with Crippen molar-refractivity contribution in [1.29, 1.82) is 0 Å². The molecule has 2 aliphatic rings. The number of anilines is 1. The van der Waals surface area contributed by atoms with E-state index >= 15 is 0 Å². The maximum absolute atomic E-state index is 12.5. The smallest absolute Gasteiger partial charge is 0.322 e. The van der Waals surface area contributed by atoms with E-state index in [0.29, 0.717) is 43.4 Å². The van der Waals surface area contributed by atoms with Crippen molar-refractivity contribution in [3.05, 3.63) is 63.6 Å². The first-order valence-corrected chi connectivity index (χ1v) is 10.2. The van der Waals surface area contributed by atoms with Gasteiger partial charge in [0.05, 0.1) is 6.61 Å². The summed E-state index contributed by atoms with van der Waals surface area (Å²) in [5.41, 5.74) is 3.57. The lowest BCUT2D eigenvalue weighted by atomic mass is 10.1. The van der Waals surface area contributed by atoms with E-state index in [4.69, 9.17) is 4.74 Å². The van der Waals surface area contributed by atoms with Crippen molar-refractivity contribution < 1.29 is 14.3 Å². The number of carbonyl (C=O) groups is 2. The van der Waals surface area contributed by atoms with Crippen LogP contribution in [0.25, 0.3) is 0 Å². The SMILES string of the molecule is O=C(NCC1CCOC1)c1ccc(NC(=O)N2Cc3ccc(Br)cc3C2)cc1. The van der Waals surface area contributed by atoms with Gasteiger partial charge in [-0.05, 0) is 53.9 Å². The lowest BCUT2D eigenvalue weighted by Gasteiger charge is -2.16. The summed E-state index contributed by atoms with van der Waals surface area (Å²) >= 11 is 3.47. The van der Waals surface area contributed by atoms with E-state index in [1.165, 1.54) is 0 Å². The minimum Gasteiger partial charge on any atom is -0.381 e. The summed E-state index contributed by atoms with van der Waals surface area (Å²) in [6, 6.07) is 12.9. The van der Waals surface area contributed by atoms with Crippen molar-refractivity contribution in [1.82, 2.24) is 10.2 Å². The van der Waals surface area contributed by atoms with Crippen molar-refractivity contribution in [3.63, 3.8) is 0 Å². The fourth-order valence-electron chi connectivity index (χ4n) is 3.50. The molecule has 0 spiro atoms. The lowest BCUT2D eigenvalue weighted by Crippen LogP contribution is -2.30. The highest BCUT2D eigenvalue weighted by atomic mass is 79.9. The molecule has 6 nitrogen and oxygen atoms in total. The maximum atomic E-state index is 12.5. The van der Waals surface area contributed by atoms with Gasteiger partial charge in [-0.1, -0.05) is 22.0 Å². The lowest BCUT2D eigenvalue weighted by molar-refractivity contribution is 0.0945. The van der Waals surface area contributed by atoms with E-state index in [-0.39, 0.29) is 11.9 Å². The molecule has 0 aromatic heterocycles. The molecule has 7 heteroatoms. The predicted molar refractivity (Wildman–Crippen MR) is 110 cm³/mol. The maximum Gasteiger partial charge on any atom is 0.322 e. The topological polar surface area (TPSA) is 70.7 Å². The van der Waals surface area contributed by atoms with Gasteiger partial charge in [-0.15, -0.1) is 0 Å². The highest BCUT2D eigenvalue weighted by Crippen LogP contribution is 2.26. The van der Waals surface area contributed by atoms with Crippen LogP contribution in [0.5, 0.6) is 0 Å². The minimum absolute atomic E-state index is 0.106. The van der Waals surface area contributed by atoms with Gasteiger partial charge in [0.15, 0.2) is 0 Å². The molecule has 3 amide bonds. The largest absolute Gasteiger partial charge is 0.381 e. The molecule has 0 radical (unpaired) electrons. The Kier molecular flexibility index (Phi) is 5.64. The number of rotatable bonds is 4. The van der Waals surface area contributed by atoms with E-state index in [2.05, 4.69) is 26.6 Å². The molecule has 2 heterocycles. The molecule has 1 saturated heterocycles. The van der Waals surface area contributed by atoms with Gasteiger partial charge < -0.3 is 20.3 Å². The van der Waals surface area contributed by atoms with E-state index < -0.39 is 0 Å². The predicted octanol–water partition coefficient (Wildman–Crippen LogP) is 3.76. The Labute approximate surface area is 172 Å². The summed E-state index contributed by atoms with van der Waals surface area (Å²) in [6.45, 7) is 3.30. The summed E-state index contributed by atoms with van der Waals surface area (Å²) in [5, 5.41) is 5.85. The molecule has 2 aliphatic heterocycles. The zero-order chi connectivity index (χ0) is 19.5. The number of hydrogen-bond donors (Lipinski definition) is 2. The number of urea groups is 1. The third-order valence-corrected chi connectivity index (χ3v) is 5.64. The quantitative estimate of drug-likeness (QED) is 0.755. The number of amides is 3. The van der Waals surface area contributed by atoms with Crippen molar-refractivity contribution in [2.45, 2.75) is 19.5 Å². The summed E-state index contributed by atoms with van der Waals surface area (Å²) in [7, 11) is 0. The highest BCUT2D eigenvalue weighted by molar-refractivity contribution is 9.10. The molecule has 0 aliphatic carbocycles. The van der Waals surface area contributed by atoms with Crippen LogP contribution in [0, 0.1) is 5.92 Å². The average Bonchev–Trinajstić information content (AvgIpc) is 3.36. The third-order valence-electron chi connectivity index (χ3n) is 5.15. The molecule has 2 aromatic carbocycles. The van der Waals surface area contributed by atoms with Gasteiger partial charge in [0.1, 0.15) is 0 Å². The van der Waals surface area contributed by atoms with Crippen LogP contribution < -0.4 is 10.6 Å². The Hall–Kier alpha value is -2.38. The molecular weight excluding hydrogens is 422 g/mol. The Morgan fingerprint density at radius 2 is 1.89 bits per heavy atom. The number of carbonyl (C=O) groups excluding carboxylic acids is 2. The zero-order valence-electron chi connectivity index (χ0n) is 15.4. The second-order valence-electron chi connectivity index (χ2n) is 7.22. The van der Waals surface area contributed by atoms with Gasteiger partial charge in [-0.2, -0.15) is 0 Å². The summed E-state index contributed by atoms with van der Waals surface area (Å²) in [5.74, 6) is 0.290. The van der Waals surface area contributed by atoms with Crippen LogP contribution in [-0.4, -0.2) is 36.6 Å². The van der Waals surface area contributed by atoms with Gasteiger partial charge >= 0.3 is 6.03 Å². The Balaban J connectivity index is 1.30. The summed E-state index contributed by atoms with van der Waals surface area (Å²) in [4.78, 5) is 26.6. The number of hydrogen-bond acceptors (Lipinski definition) is 3. The molecule has 2 N–H and O–H groups in total. The molecule has 1 atom stereocenters. The molecule has 0 bridgehead atoms. The third kappa shape index (κ3) is 4.36. The van der Waals surface area contributed by atoms with Crippen LogP contribution in [0.3, 0.4) is 0 Å². The van der Waals surface area contributed by atoms with Gasteiger partial charge in [0.25, 0.3) is 5.91 Å². The van der Waals surface area contributed by atoms with Crippen LogP contribution in [0.2, 0.25) is 0 Å².